The van der Waals surface area contributed by atoms with E-state index in [1.54, 1.807) is 23.0 Å². The van der Waals surface area contributed by atoms with E-state index in [1.807, 2.05) is 13.0 Å². The molecule has 8 heteroatoms. The van der Waals surface area contributed by atoms with Gasteiger partial charge in [-0.15, -0.1) is 0 Å². The summed E-state index contributed by atoms with van der Waals surface area (Å²) in [5.41, 5.74) is 9.69. The first-order valence-corrected chi connectivity index (χ1v) is 11.3. The van der Waals surface area contributed by atoms with Crippen molar-refractivity contribution in [2.75, 3.05) is 5.73 Å². The summed E-state index contributed by atoms with van der Waals surface area (Å²) in [5.74, 6) is 0.395. The maximum Gasteiger partial charge on any atom is 0.165 e. The first-order chi connectivity index (χ1) is 14.9. The molecule has 3 heterocycles. The number of hydrogen-bond acceptors (Lipinski definition) is 5. The van der Waals surface area contributed by atoms with E-state index in [2.05, 4.69) is 26.0 Å². The third-order valence-corrected chi connectivity index (χ3v) is 7.38. The van der Waals surface area contributed by atoms with Crippen molar-refractivity contribution >= 4 is 38.3 Å². The Bertz CT molecular complexity index is 1300. The maximum atomic E-state index is 13.7. The average Bonchev–Trinajstić information content (AvgIpc) is 3.20. The second kappa shape index (κ2) is 7.53. The van der Waals surface area contributed by atoms with Crippen LogP contribution in [-0.4, -0.2) is 30.3 Å². The molecule has 0 amide bonds. The summed E-state index contributed by atoms with van der Waals surface area (Å²) in [6, 6.07) is 6.43. The first-order valence-electron chi connectivity index (χ1n) is 10.5. The molecule has 0 spiro atoms. The zero-order valence-corrected chi connectivity index (χ0v) is 18.7. The summed E-state index contributed by atoms with van der Waals surface area (Å²) in [6.07, 6.45) is 7.43. The number of nitrogens with two attached hydrogens (primary N) is 1. The predicted molar refractivity (Wildman–Crippen MR) is 122 cm³/mol. The molecule has 6 nitrogen and oxygen atoms in total. The molecule has 1 saturated carbocycles. The SMILES string of the molecule is CCC1(O)CCC(c2nc3c(-c4cnc5ccc(F)cc5c4)cnn3c(N)c2Br)CC1. The summed E-state index contributed by atoms with van der Waals surface area (Å²) in [4.78, 5) is 9.42. The maximum absolute atomic E-state index is 13.7. The molecule has 4 aromatic rings. The molecule has 1 aliphatic carbocycles. The van der Waals surface area contributed by atoms with E-state index in [0.29, 0.717) is 16.9 Å². The van der Waals surface area contributed by atoms with E-state index in [1.165, 1.54) is 12.1 Å². The summed E-state index contributed by atoms with van der Waals surface area (Å²) >= 11 is 3.62. The van der Waals surface area contributed by atoms with Crippen molar-refractivity contribution in [1.29, 1.82) is 0 Å². The molecule has 3 aromatic heterocycles. The number of fused-ring (bicyclic) bond motifs is 2. The molecule has 0 radical (unpaired) electrons. The highest BCUT2D eigenvalue weighted by atomic mass is 79.9. The van der Waals surface area contributed by atoms with Crippen LogP contribution in [0.4, 0.5) is 10.2 Å². The lowest BCUT2D eigenvalue weighted by Gasteiger charge is -2.35. The second-order valence-electron chi connectivity index (χ2n) is 8.40. The number of halogens is 2. The van der Waals surface area contributed by atoms with Gasteiger partial charge in [0.25, 0.3) is 0 Å². The van der Waals surface area contributed by atoms with Gasteiger partial charge in [0.1, 0.15) is 11.6 Å². The molecular formula is C23H23BrFN5O. The largest absolute Gasteiger partial charge is 0.390 e. The molecule has 1 aliphatic rings. The van der Waals surface area contributed by atoms with E-state index in [9.17, 15) is 9.50 Å². The van der Waals surface area contributed by atoms with Crippen LogP contribution in [-0.2, 0) is 0 Å². The molecule has 3 N–H and O–H groups in total. The fourth-order valence-electron chi connectivity index (χ4n) is 4.52. The van der Waals surface area contributed by atoms with E-state index in [-0.39, 0.29) is 11.7 Å². The molecule has 1 aromatic carbocycles. The van der Waals surface area contributed by atoms with Gasteiger partial charge < -0.3 is 10.8 Å². The minimum absolute atomic E-state index is 0.208. The van der Waals surface area contributed by atoms with Crippen molar-refractivity contribution in [3.63, 3.8) is 0 Å². The molecule has 31 heavy (non-hydrogen) atoms. The third-order valence-electron chi connectivity index (χ3n) is 6.56. The Hall–Kier alpha value is -2.58. The molecular weight excluding hydrogens is 461 g/mol. The van der Waals surface area contributed by atoms with Crippen molar-refractivity contribution in [2.45, 2.75) is 50.5 Å². The monoisotopic (exact) mass is 483 g/mol. The highest BCUT2D eigenvalue weighted by Gasteiger charge is 2.34. The average molecular weight is 484 g/mol. The quantitative estimate of drug-likeness (QED) is 0.416. The van der Waals surface area contributed by atoms with Crippen molar-refractivity contribution in [2.24, 2.45) is 0 Å². The van der Waals surface area contributed by atoms with Gasteiger partial charge in [-0.3, -0.25) is 4.98 Å². The Labute approximate surface area is 187 Å². The van der Waals surface area contributed by atoms with Crippen LogP contribution < -0.4 is 5.73 Å². The standard InChI is InChI=1S/C23H23BrFN5O/c1-2-23(31)7-5-13(6-8-23)20-19(24)21(26)30-22(29-20)17(12-28-30)15-9-14-10-16(25)3-4-18(14)27-11-15/h3-4,9-13,31H,2,5-8,26H2,1H3. The number of nitrogens with zero attached hydrogens (tertiary/aromatic N) is 4. The first kappa shape index (κ1) is 20.3. The lowest BCUT2D eigenvalue weighted by molar-refractivity contribution is -0.00453. The van der Waals surface area contributed by atoms with Gasteiger partial charge in [-0.2, -0.15) is 9.61 Å². The molecule has 0 atom stereocenters. The zero-order valence-electron chi connectivity index (χ0n) is 17.1. The van der Waals surface area contributed by atoms with E-state index in [4.69, 9.17) is 10.7 Å². The number of benzene rings is 1. The summed E-state index contributed by atoms with van der Waals surface area (Å²) in [6.45, 7) is 2.03. The Morgan fingerprint density at radius 3 is 2.77 bits per heavy atom. The molecule has 160 valence electrons. The van der Waals surface area contributed by atoms with Crippen LogP contribution in [0.2, 0.25) is 0 Å². The summed E-state index contributed by atoms with van der Waals surface area (Å²) in [7, 11) is 0. The van der Waals surface area contributed by atoms with Gasteiger partial charge in [-0.05, 0) is 72.3 Å². The van der Waals surface area contributed by atoms with E-state index in [0.717, 1.165) is 58.9 Å². The van der Waals surface area contributed by atoms with Crippen LogP contribution in [0, 0.1) is 5.82 Å². The number of anilines is 1. The molecule has 0 unspecified atom stereocenters. The number of nitrogen functional groups attached to an aromatic ring is 1. The van der Waals surface area contributed by atoms with Crippen LogP contribution in [0.25, 0.3) is 27.7 Å². The van der Waals surface area contributed by atoms with Crippen LogP contribution in [0.5, 0.6) is 0 Å². The smallest absolute Gasteiger partial charge is 0.165 e. The number of hydrogen-bond donors (Lipinski definition) is 2. The minimum atomic E-state index is -0.577. The fourth-order valence-corrected chi connectivity index (χ4v) is 5.10. The van der Waals surface area contributed by atoms with Crippen LogP contribution in [0.15, 0.2) is 41.1 Å². The van der Waals surface area contributed by atoms with Gasteiger partial charge in [-0.1, -0.05) is 6.92 Å². The number of pyridine rings is 1. The highest BCUT2D eigenvalue weighted by molar-refractivity contribution is 9.10. The van der Waals surface area contributed by atoms with Crippen molar-refractivity contribution < 1.29 is 9.50 Å². The Morgan fingerprint density at radius 2 is 2.03 bits per heavy atom. The van der Waals surface area contributed by atoms with Gasteiger partial charge >= 0.3 is 0 Å². The van der Waals surface area contributed by atoms with E-state index < -0.39 is 5.60 Å². The second-order valence-corrected chi connectivity index (χ2v) is 9.20. The molecule has 0 saturated heterocycles. The lowest BCUT2D eigenvalue weighted by Crippen LogP contribution is -2.32. The fraction of sp³-hybridized carbons (Fsp3) is 0.348. The predicted octanol–water partition coefficient (Wildman–Crippen LogP) is 5.23. The topological polar surface area (TPSA) is 89.3 Å². The summed E-state index contributed by atoms with van der Waals surface area (Å²) < 4.78 is 16.1. The van der Waals surface area contributed by atoms with E-state index >= 15 is 0 Å². The van der Waals surface area contributed by atoms with Gasteiger partial charge in [-0.25, -0.2) is 9.37 Å². The van der Waals surface area contributed by atoms with Crippen molar-refractivity contribution in [3.05, 3.63) is 52.6 Å². The Morgan fingerprint density at radius 1 is 1.26 bits per heavy atom. The number of aromatic nitrogens is 4. The van der Waals surface area contributed by atoms with Gasteiger partial charge in [0.15, 0.2) is 5.65 Å². The van der Waals surface area contributed by atoms with Gasteiger partial charge in [0.2, 0.25) is 0 Å². The van der Waals surface area contributed by atoms with Gasteiger partial charge in [0, 0.05) is 28.6 Å². The van der Waals surface area contributed by atoms with Crippen LogP contribution >= 0.6 is 15.9 Å². The zero-order chi connectivity index (χ0) is 21.8. The number of rotatable bonds is 3. The molecule has 5 rings (SSSR count). The Kier molecular flexibility index (Phi) is 4.94. The van der Waals surface area contributed by atoms with Crippen LogP contribution in [0.3, 0.4) is 0 Å². The minimum Gasteiger partial charge on any atom is -0.390 e. The third kappa shape index (κ3) is 3.47. The normalized spacial score (nSPS) is 21.7. The number of aliphatic hydroxyl groups is 1. The Balaban J connectivity index is 1.60. The molecule has 0 aliphatic heterocycles. The molecule has 1 fully saturated rings. The lowest BCUT2D eigenvalue weighted by atomic mass is 9.76. The van der Waals surface area contributed by atoms with Gasteiger partial charge in [0.05, 0.1) is 27.5 Å². The van der Waals surface area contributed by atoms with Crippen molar-refractivity contribution in [3.8, 4) is 11.1 Å². The van der Waals surface area contributed by atoms with Crippen molar-refractivity contribution in [1.82, 2.24) is 19.6 Å². The molecule has 0 bridgehead atoms. The summed E-state index contributed by atoms with van der Waals surface area (Å²) in [5, 5.41) is 15.8. The van der Waals surface area contributed by atoms with Crippen LogP contribution in [0.1, 0.15) is 50.6 Å². The highest BCUT2D eigenvalue weighted by Crippen LogP contribution is 2.42.